The third-order valence-electron chi connectivity index (χ3n) is 12.2. The van der Waals surface area contributed by atoms with Gasteiger partial charge in [-0.25, -0.2) is 0 Å². The third kappa shape index (κ3) is 2.22. The van der Waals surface area contributed by atoms with Gasteiger partial charge in [-0.2, -0.15) is 0 Å². The summed E-state index contributed by atoms with van der Waals surface area (Å²) in [6.45, 7) is 13.4. The van der Waals surface area contributed by atoms with Gasteiger partial charge < -0.3 is 5.73 Å². The van der Waals surface area contributed by atoms with Gasteiger partial charge in [0.15, 0.2) is 0 Å². The van der Waals surface area contributed by atoms with Crippen LogP contribution in [0.15, 0.2) is 0 Å². The van der Waals surface area contributed by atoms with Crippen LogP contribution in [0.2, 0.25) is 0 Å². The first kappa shape index (κ1) is 19.0. The van der Waals surface area contributed by atoms with E-state index in [9.17, 15) is 0 Å². The van der Waals surface area contributed by atoms with E-state index >= 15 is 0 Å². The van der Waals surface area contributed by atoms with Gasteiger partial charge in [0.1, 0.15) is 0 Å². The lowest BCUT2D eigenvalue weighted by atomic mass is 9.33. The molecule has 1 heteroatoms. The van der Waals surface area contributed by atoms with E-state index in [1.165, 1.54) is 77.0 Å². The van der Waals surface area contributed by atoms with Crippen molar-refractivity contribution >= 4 is 0 Å². The van der Waals surface area contributed by atoms with Crippen molar-refractivity contribution in [2.24, 2.45) is 51.1 Å². The summed E-state index contributed by atoms with van der Waals surface area (Å²) < 4.78 is 0. The van der Waals surface area contributed by atoms with Gasteiger partial charge in [-0.05, 0) is 110 Å². The van der Waals surface area contributed by atoms with Crippen LogP contribution in [0.5, 0.6) is 0 Å². The summed E-state index contributed by atoms with van der Waals surface area (Å²) in [5, 5.41) is 0. The Bertz CT molecular complexity index is 624. The van der Waals surface area contributed by atoms with Crippen LogP contribution < -0.4 is 5.73 Å². The Morgan fingerprint density at radius 3 is 2.15 bits per heavy atom. The maximum absolute atomic E-state index is 7.01. The SMILES string of the molecule is CC1(C)CCCC2(C)C1CCC1(C)C2CCC2[C@H]3CCCC3(N)CC[C@]21C. The van der Waals surface area contributed by atoms with Gasteiger partial charge in [0, 0.05) is 5.54 Å². The number of nitrogens with two attached hydrogens (primary N) is 1. The molecule has 0 spiro atoms. The van der Waals surface area contributed by atoms with Crippen molar-refractivity contribution in [1.29, 1.82) is 0 Å². The van der Waals surface area contributed by atoms with Crippen LogP contribution in [-0.2, 0) is 0 Å². The van der Waals surface area contributed by atoms with Crippen LogP contribution in [0.1, 0.15) is 112 Å². The average Bonchev–Trinajstić information content (AvgIpc) is 2.97. The molecular weight excluding hydrogens is 326 g/mol. The van der Waals surface area contributed by atoms with Crippen molar-refractivity contribution in [2.45, 2.75) is 117 Å². The zero-order valence-electron chi connectivity index (χ0n) is 18.9. The first-order chi connectivity index (χ1) is 12.6. The topological polar surface area (TPSA) is 26.0 Å². The molecule has 154 valence electrons. The lowest BCUT2D eigenvalue weighted by Gasteiger charge is -2.72. The minimum absolute atomic E-state index is 0.196. The van der Waals surface area contributed by atoms with E-state index in [2.05, 4.69) is 34.6 Å². The molecule has 0 bridgehead atoms. The molecule has 27 heavy (non-hydrogen) atoms. The molecule has 0 aliphatic heterocycles. The Kier molecular flexibility index (Phi) is 3.90. The fourth-order valence-corrected chi connectivity index (χ4v) is 10.7. The highest BCUT2D eigenvalue weighted by Gasteiger charge is 2.68. The van der Waals surface area contributed by atoms with E-state index in [0.29, 0.717) is 21.7 Å². The molecule has 0 saturated heterocycles. The summed E-state index contributed by atoms with van der Waals surface area (Å²) in [5.74, 6) is 3.61. The van der Waals surface area contributed by atoms with Gasteiger partial charge in [0.25, 0.3) is 0 Å². The van der Waals surface area contributed by atoms with Gasteiger partial charge in [0.05, 0.1) is 0 Å². The Morgan fingerprint density at radius 2 is 1.37 bits per heavy atom. The van der Waals surface area contributed by atoms with E-state index in [0.717, 1.165) is 23.7 Å². The van der Waals surface area contributed by atoms with E-state index in [4.69, 9.17) is 5.73 Å². The predicted octanol–water partition coefficient (Wildman–Crippen LogP) is 6.94. The monoisotopic (exact) mass is 371 g/mol. The average molecular weight is 372 g/mol. The summed E-state index contributed by atoms with van der Waals surface area (Å²) in [6, 6.07) is 0. The van der Waals surface area contributed by atoms with Crippen molar-refractivity contribution < 1.29 is 0 Å². The highest BCUT2D eigenvalue weighted by Crippen LogP contribution is 2.75. The molecule has 1 nitrogen and oxygen atoms in total. The summed E-state index contributed by atoms with van der Waals surface area (Å²) in [6.07, 6.45) is 17.2. The summed E-state index contributed by atoms with van der Waals surface area (Å²) in [4.78, 5) is 0. The summed E-state index contributed by atoms with van der Waals surface area (Å²) >= 11 is 0. The van der Waals surface area contributed by atoms with E-state index in [1.54, 1.807) is 0 Å². The van der Waals surface area contributed by atoms with E-state index < -0.39 is 0 Å². The standard InChI is InChI=1S/C26H45N/c1-22(2)12-7-13-23(3)20(22)11-15-25(5)21(23)10-9-18-19-8-6-14-26(19,27)17-16-24(18,25)4/h18-21H,6-17,27H2,1-5H3/t18?,19-,20?,21?,23?,24-,25?,26?/m1/s1. The highest BCUT2D eigenvalue weighted by molar-refractivity contribution is 5.19. The second kappa shape index (κ2) is 5.55. The minimum atomic E-state index is 0.196. The lowest BCUT2D eigenvalue weighted by molar-refractivity contribution is -0.227. The number of rotatable bonds is 0. The highest BCUT2D eigenvalue weighted by atomic mass is 14.8. The Labute approximate surface area is 168 Å². The van der Waals surface area contributed by atoms with Gasteiger partial charge in [-0.3, -0.25) is 0 Å². The molecule has 6 unspecified atom stereocenters. The van der Waals surface area contributed by atoms with Gasteiger partial charge in [-0.15, -0.1) is 0 Å². The van der Waals surface area contributed by atoms with Gasteiger partial charge in [-0.1, -0.05) is 47.5 Å². The van der Waals surface area contributed by atoms with Gasteiger partial charge >= 0.3 is 0 Å². The van der Waals surface area contributed by atoms with Crippen LogP contribution in [0, 0.1) is 45.3 Å². The Balaban J connectivity index is 1.54. The van der Waals surface area contributed by atoms with E-state index in [1.807, 2.05) is 0 Å². The second-order valence-electron chi connectivity index (χ2n) is 13.2. The maximum atomic E-state index is 7.01. The van der Waals surface area contributed by atoms with Crippen molar-refractivity contribution in [3.8, 4) is 0 Å². The van der Waals surface area contributed by atoms with Crippen molar-refractivity contribution in [3.05, 3.63) is 0 Å². The number of hydrogen-bond acceptors (Lipinski definition) is 1. The zero-order valence-corrected chi connectivity index (χ0v) is 18.9. The first-order valence-corrected chi connectivity index (χ1v) is 12.4. The second-order valence-corrected chi connectivity index (χ2v) is 13.2. The Morgan fingerprint density at radius 1 is 0.593 bits per heavy atom. The number of fused-ring (bicyclic) bond motifs is 7. The largest absolute Gasteiger partial charge is 0.325 e. The quantitative estimate of drug-likeness (QED) is 0.490. The number of hydrogen-bond donors (Lipinski definition) is 1. The molecule has 5 rings (SSSR count). The van der Waals surface area contributed by atoms with Crippen LogP contribution in [0.25, 0.3) is 0 Å². The molecule has 0 amide bonds. The van der Waals surface area contributed by atoms with Crippen molar-refractivity contribution in [1.82, 2.24) is 0 Å². The molecule has 5 saturated carbocycles. The predicted molar refractivity (Wildman–Crippen MR) is 114 cm³/mol. The van der Waals surface area contributed by atoms with Crippen molar-refractivity contribution in [3.63, 3.8) is 0 Å². The van der Waals surface area contributed by atoms with Crippen LogP contribution in [0.4, 0.5) is 0 Å². The molecule has 0 aromatic carbocycles. The molecule has 0 radical (unpaired) electrons. The molecule has 2 N–H and O–H groups in total. The molecular formula is C26H45N. The van der Waals surface area contributed by atoms with Gasteiger partial charge in [0.2, 0.25) is 0 Å². The molecule has 5 fully saturated rings. The summed E-state index contributed by atoms with van der Waals surface area (Å²) in [5.41, 5.74) is 9.41. The molecule has 0 heterocycles. The lowest BCUT2D eigenvalue weighted by Crippen LogP contribution is -2.66. The fraction of sp³-hybridized carbons (Fsp3) is 1.00. The van der Waals surface area contributed by atoms with Crippen molar-refractivity contribution in [2.75, 3.05) is 0 Å². The van der Waals surface area contributed by atoms with Crippen LogP contribution >= 0.6 is 0 Å². The normalized spacial score (nSPS) is 59.3. The minimum Gasteiger partial charge on any atom is -0.325 e. The maximum Gasteiger partial charge on any atom is 0.0185 e. The van der Waals surface area contributed by atoms with Crippen LogP contribution in [-0.4, -0.2) is 5.54 Å². The summed E-state index contributed by atoms with van der Waals surface area (Å²) in [7, 11) is 0. The fourth-order valence-electron chi connectivity index (χ4n) is 10.7. The van der Waals surface area contributed by atoms with Crippen LogP contribution in [0.3, 0.4) is 0 Å². The smallest absolute Gasteiger partial charge is 0.0185 e. The molecule has 8 atom stereocenters. The molecule has 0 aromatic rings. The molecule has 5 aliphatic rings. The zero-order chi connectivity index (χ0) is 19.3. The van der Waals surface area contributed by atoms with E-state index in [-0.39, 0.29) is 5.54 Å². The molecule has 0 aromatic heterocycles. The molecule has 5 aliphatic carbocycles. The first-order valence-electron chi connectivity index (χ1n) is 12.4. The third-order valence-corrected chi connectivity index (χ3v) is 12.2. The Hall–Kier alpha value is -0.0400.